The van der Waals surface area contributed by atoms with E-state index in [-0.39, 0.29) is 29.1 Å². The third-order valence-electron chi connectivity index (χ3n) is 3.59. The summed E-state index contributed by atoms with van der Waals surface area (Å²) in [6.45, 7) is 5.10. The highest BCUT2D eigenvalue weighted by atomic mass is 35.5. The van der Waals surface area contributed by atoms with Gasteiger partial charge in [0.1, 0.15) is 0 Å². The molecule has 2 rings (SSSR count). The summed E-state index contributed by atoms with van der Waals surface area (Å²) in [5, 5.41) is 0.508. The van der Waals surface area contributed by atoms with Crippen LogP contribution in [0.3, 0.4) is 0 Å². The first-order valence-corrected chi connectivity index (χ1v) is 8.61. The van der Waals surface area contributed by atoms with E-state index >= 15 is 0 Å². The Morgan fingerprint density at radius 1 is 1.41 bits per heavy atom. The van der Waals surface area contributed by atoms with Gasteiger partial charge in [-0.3, -0.25) is 4.90 Å². The zero-order valence-electron chi connectivity index (χ0n) is 14.7. The molecule has 2 N–H and O–H groups in total. The van der Waals surface area contributed by atoms with Crippen LogP contribution in [-0.2, 0) is 17.8 Å². The van der Waals surface area contributed by atoms with Crippen molar-refractivity contribution in [3.8, 4) is 0 Å². The molecule has 10 heteroatoms. The van der Waals surface area contributed by atoms with Gasteiger partial charge in [0, 0.05) is 23.1 Å². The van der Waals surface area contributed by atoms with E-state index in [0.29, 0.717) is 29.4 Å². The number of hydrogen-bond acceptors (Lipinski definition) is 5. The number of nitrogens with two attached hydrogens (primary N) is 1. The Kier molecular flexibility index (Phi) is 6.43. The number of alkyl halides is 2. The molecule has 6 nitrogen and oxygen atoms in total. The van der Waals surface area contributed by atoms with Crippen LogP contribution in [-0.4, -0.2) is 33.5 Å². The molecule has 0 spiro atoms. The topological polar surface area (TPSA) is 81.3 Å². The minimum atomic E-state index is -3.11. The van der Waals surface area contributed by atoms with Gasteiger partial charge in [-0.15, -0.1) is 0 Å². The molecular weight excluding hydrogens is 401 g/mol. The maximum atomic E-state index is 12.9. The van der Waals surface area contributed by atoms with E-state index in [9.17, 15) is 13.6 Å². The lowest BCUT2D eigenvalue weighted by Crippen LogP contribution is -2.30. The van der Waals surface area contributed by atoms with Gasteiger partial charge in [0.05, 0.1) is 29.5 Å². The number of nitrogens with zero attached hydrogens (tertiary/aromatic N) is 3. The maximum absolute atomic E-state index is 12.9. The Morgan fingerprint density at radius 2 is 2.07 bits per heavy atom. The van der Waals surface area contributed by atoms with Crippen molar-refractivity contribution >= 4 is 40.8 Å². The lowest BCUT2D eigenvalue weighted by atomic mass is 10.0. The molecule has 146 valence electrons. The first-order valence-electron chi connectivity index (χ1n) is 7.85. The Bertz CT molecular complexity index is 835. The summed E-state index contributed by atoms with van der Waals surface area (Å²) in [6, 6.07) is 0. The Balaban J connectivity index is 2.32. The van der Waals surface area contributed by atoms with Gasteiger partial charge in [0.25, 0.3) is 5.92 Å². The lowest BCUT2D eigenvalue weighted by Gasteiger charge is -2.17. The molecule has 1 aliphatic rings. The molecule has 1 amide bonds. The van der Waals surface area contributed by atoms with Crippen molar-refractivity contribution < 1.29 is 18.3 Å². The monoisotopic (exact) mass is 418 g/mol. The number of rotatable bonds is 5. The predicted molar refractivity (Wildman–Crippen MR) is 100 cm³/mol. The first kappa shape index (κ1) is 21.1. The average molecular weight is 419 g/mol. The smallest absolute Gasteiger partial charge is 0.410 e. The first-order chi connectivity index (χ1) is 12.5. The fourth-order valence-corrected chi connectivity index (χ4v) is 3.00. The molecule has 2 heterocycles. The fraction of sp³-hybridized carbons (Fsp3) is 0.353. The number of ether oxygens (including phenoxy) is 1. The molecule has 0 aliphatic carbocycles. The highest BCUT2D eigenvalue weighted by Crippen LogP contribution is 2.34. The number of carbonyl (C=O) groups excluding carboxylic acids is 1. The van der Waals surface area contributed by atoms with Crippen LogP contribution in [0.4, 0.5) is 19.5 Å². The van der Waals surface area contributed by atoms with Crippen LogP contribution in [0, 0.1) is 0 Å². The second-order valence-electron chi connectivity index (χ2n) is 5.98. The summed E-state index contributed by atoms with van der Waals surface area (Å²) in [6.07, 6.45) is 2.28. The van der Waals surface area contributed by atoms with Gasteiger partial charge >= 0.3 is 6.09 Å². The van der Waals surface area contributed by atoms with Gasteiger partial charge in [-0.2, -0.15) is 0 Å². The van der Waals surface area contributed by atoms with Gasteiger partial charge in [0.15, 0.2) is 6.61 Å². The average Bonchev–Trinajstić information content (AvgIpc) is 2.95. The minimum Gasteiger partial charge on any atom is -0.443 e. The molecule has 1 aromatic heterocycles. The number of amides is 1. The lowest BCUT2D eigenvalue weighted by molar-refractivity contribution is -0.0455. The van der Waals surface area contributed by atoms with Crippen LogP contribution >= 0.6 is 23.2 Å². The number of fused-ring (bicyclic) bond motifs is 1. The van der Waals surface area contributed by atoms with E-state index < -0.39 is 18.6 Å². The normalized spacial score (nSPS) is 15.0. The molecule has 1 aliphatic heterocycles. The Labute approximate surface area is 165 Å². The molecule has 0 radical (unpaired) electrons. The Hall–Kier alpha value is -2.19. The third-order valence-corrected chi connectivity index (χ3v) is 4.01. The predicted octanol–water partition coefficient (Wildman–Crippen LogP) is 4.44. The largest absolute Gasteiger partial charge is 0.443 e. The maximum Gasteiger partial charge on any atom is 0.410 e. The van der Waals surface area contributed by atoms with Gasteiger partial charge in [-0.05, 0) is 13.0 Å². The van der Waals surface area contributed by atoms with Gasteiger partial charge in [0.2, 0.25) is 5.95 Å². The number of hydrogen-bond donors (Lipinski definition) is 1. The number of halogens is 4. The minimum absolute atomic E-state index is 0.00687. The number of allylic oxidation sites excluding steroid dienone is 5. The summed E-state index contributed by atoms with van der Waals surface area (Å²) in [5.41, 5.74) is 7.82. The number of carbonyl (C=O) groups is 1. The summed E-state index contributed by atoms with van der Waals surface area (Å²) in [4.78, 5) is 21.7. The quantitative estimate of drug-likeness (QED) is 0.714. The van der Waals surface area contributed by atoms with E-state index in [4.69, 9.17) is 28.9 Å². The van der Waals surface area contributed by atoms with Gasteiger partial charge in [-0.25, -0.2) is 23.5 Å². The molecule has 0 bridgehead atoms. The van der Waals surface area contributed by atoms with E-state index in [2.05, 4.69) is 21.3 Å². The number of nitrogen functional groups attached to an aromatic ring is 1. The number of aromatic nitrogens is 2. The van der Waals surface area contributed by atoms with Crippen LogP contribution in [0.15, 0.2) is 28.8 Å². The van der Waals surface area contributed by atoms with Crippen LogP contribution in [0.5, 0.6) is 0 Å². The van der Waals surface area contributed by atoms with Crippen LogP contribution in [0.1, 0.15) is 30.8 Å². The van der Waals surface area contributed by atoms with Gasteiger partial charge in [-0.1, -0.05) is 35.9 Å². The molecule has 0 saturated heterocycles. The second-order valence-corrected chi connectivity index (χ2v) is 6.87. The molecule has 0 fully saturated rings. The molecule has 1 aromatic rings. The van der Waals surface area contributed by atoms with Crippen molar-refractivity contribution in [2.45, 2.75) is 32.9 Å². The van der Waals surface area contributed by atoms with E-state index in [1.54, 1.807) is 13.0 Å². The fourth-order valence-electron chi connectivity index (χ4n) is 2.51. The second kappa shape index (κ2) is 8.22. The molecule has 0 aromatic carbocycles. The van der Waals surface area contributed by atoms with Crippen LogP contribution < -0.4 is 5.73 Å². The summed E-state index contributed by atoms with van der Waals surface area (Å²) in [5.74, 6) is -3.12. The SMILES string of the molecule is C=C(Cl)/C=C(/Cl)C(=CC)c1nc(N)nc2c1CN(C(=O)OCC(C)(F)F)C2. The van der Waals surface area contributed by atoms with Gasteiger partial charge < -0.3 is 10.5 Å². The zero-order valence-corrected chi connectivity index (χ0v) is 16.2. The van der Waals surface area contributed by atoms with Crippen molar-refractivity contribution in [2.24, 2.45) is 0 Å². The van der Waals surface area contributed by atoms with E-state index in [1.165, 1.54) is 11.0 Å². The van der Waals surface area contributed by atoms with Crippen molar-refractivity contribution in [1.82, 2.24) is 14.9 Å². The van der Waals surface area contributed by atoms with Crippen molar-refractivity contribution in [1.29, 1.82) is 0 Å². The van der Waals surface area contributed by atoms with Crippen molar-refractivity contribution in [3.63, 3.8) is 0 Å². The van der Waals surface area contributed by atoms with E-state index in [0.717, 1.165) is 0 Å². The third kappa shape index (κ3) is 5.40. The summed E-state index contributed by atoms with van der Waals surface area (Å²) < 4.78 is 30.5. The number of anilines is 1. The van der Waals surface area contributed by atoms with Crippen molar-refractivity contribution in [3.05, 3.63) is 45.7 Å². The molecule has 27 heavy (non-hydrogen) atoms. The summed E-state index contributed by atoms with van der Waals surface area (Å²) >= 11 is 12.1. The highest BCUT2D eigenvalue weighted by Gasteiger charge is 2.32. The molecular formula is C17H18Cl2F2N4O2. The van der Waals surface area contributed by atoms with Crippen molar-refractivity contribution in [2.75, 3.05) is 12.3 Å². The zero-order chi connectivity index (χ0) is 20.4. The van der Waals surface area contributed by atoms with E-state index in [1.807, 2.05) is 0 Å². The standard InChI is InChI=1S/C17H18Cl2F2N4O2/c1-4-10(12(19)5-9(2)18)14-11-6-25(7-13(11)23-15(22)24-14)16(26)27-8-17(3,20)21/h4-5H,2,6-8H2,1,3H3,(H2,22,23,24)/b10-4?,12-5+. The van der Waals surface area contributed by atoms with Crippen LogP contribution in [0.25, 0.3) is 5.57 Å². The molecule has 0 atom stereocenters. The molecule has 0 saturated carbocycles. The van der Waals surface area contributed by atoms with Crippen LogP contribution in [0.2, 0.25) is 0 Å². The molecule has 0 unspecified atom stereocenters. The highest BCUT2D eigenvalue weighted by molar-refractivity contribution is 6.39. The Morgan fingerprint density at radius 3 is 2.63 bits per heavy atom. The summed E-state index contributed by atoms with van der Waals surface area (Å²) in [7, 11) is 0.